The van der Waals surface area contributed by atoms with Crippen molar-refractivity contribution in [3.05, 3.63) is 11.6 Å². The van der Waals surface area contributed by atoms with Gasteiger partial charge in [0.2, 0.25) is 0 Å². The van der Waals surface area contributed by atoms with Gasteiger partial charge in [0.05, 0.1) is 11.8 Å². The zero-order valence-electron chi connectivity index (χ0n) is 16.5. The summed E-state index contributed by atoms with van der Waals surface area (Å²) in [6.45, 7) is 5.29. The second kappa shape index (κ2) is 5.84. The first-order valence-corrected chi connectivity index (χ1v) is 10.2. The van der Waals surface area contributed by atoms with Crippen LogP contribution in [0.1, 0.15) is 59.3 Å². The summed E-state index contributed by atoms with van der Waals surface area (Å²) in [5.41, 5.74) is -1.66. The first kappa shape index (κ1) is 19.0. The van der Waals surface area contributed by atoms with E-state index in [1.54, 1.807) is 6.08 Å². The van der Waals surface area contributed by atoms with Crippen molar-refractivity contribution in [1.82, 2.24) is 0 Å². The molecule has 5 nitrogen and oxygen atoms in total. The summed E-state index contributed by atoms with van der Waals surface area (Å²) in [5, 5.41) is 20.9. The molecule has 4 aliphatic carbocycles. The Hall–Kier alpha value is -1.33. The minimum Gasteiger partial charge on any atom is -0.388 e. The average Bonchev–Trinajstić information content (AvgIpc) is 2.83. The van der Waals surface area contributed by atoms with Gasteiger partial charge in [-0.25, -0.2) is 0 Å². The highest BCUT2D eigenvalue weighted by atomic mass is 16.3. The standard InChI is InChI=1S/C22H30O5/c1-12-8-17-15-5-4-13-9-14(24)10-18(25)21(13,3)16(15)6-7-20(17,2)22(12,27)19(26)11-23/h9,12,15-17,23,27H,4-8,10-11H2,1-3H3/t12-,15-,16+,17+,20+,21+,22+/m1/s1. The number of aliphatic hydroxyl groups is 2. The van der Waals surface area contributed by atoms with Gasteiger partial charge >= 0.3 is 0 Å². The second-order valence-electron chi connectivity index (χ2n) is 9.79. The van der Waals surface area contributed by atoms with Crippen LogP contribution in [0.4, 0.5) is 0 Å². The normalized spacial score (nSPS) is 49.1. The van der Waals surface area contributed by atoms with Gasteiger partial charge in [-0.3, -0.25) is 14.4 Å². The van der Waals surface area contributed by atoms with E-state index in [0.29, 0.717) is 6.42 Å². The van der Waals surface area contributed by atoms with E-state index >= 15 is 0 Å². The third-order valence-electron chi connectivity index (χ3n) is 8.99. The first-order chi connectivity index (χ1) is 12.6. The minimum absolute atomic E-state index is 0.00546. The number of aliphatic hydroxyl groups excluding tert-OH is 1. The Balaban J connectivity index is 1.75. The summed E-state index contributed by atoms with van der Waals surface area (Å²) < 4.78 is 0. The highest BCUT2D eigenvalue weighted by molar-refractivity contribution is 6.11. The van der Waals surface area contributed by atoms with Gasteiger partial charge in [0.25, 0.3) is 0 Å². The van der Waals surface area contributed by atoms with Crippen molar-refractivity contribution in [2.24, 2.45) is 34.5 Å². The Morgan fingerprint density at radius 1 is 1.22 bits per heavy atom. The molecule has 0 amide bonds. The molecule has 0 radical (unpaired) electrons. The monoisotopic (exact) mass is 374 g/mol. The molecule has 0 saturated heterocycles. The van der Waals surface area contributed by atoms with Crippen molar-refractivity contribution in [1.29, 1.82) is 0 Å². The lowest BCUT2D eigenvalue weighted by Gasteiger charge is -2.58. The molecule has 4 rings (SSSR count). The van der Waals surface area contributed by atoms with Crippen LogP contribution in [0.15, 0.2) is 11.6 Å². The van der Waals surface area contributed by atoms with Gasteiger partial charge < -0.3 is 10.2 Å². The van der Waals surface area contributed by atoms with E-state index in [9.17, 15) is 24.6 Å². The zero-order valence-corrected chi connectivity index (χ0v) is 16.5. The maximum atomic E-state index is 12.9. The zero-order chi connectivity index (χ0) is 19.8. The Morgan fingerprint density at radius 2 is 1.93 bits per heavy atom. The molecule has 148 valence electrons. The first-order valence-electron chi connectivity index (χ1n) is 10.2. The molecule has 0 bridgehead atoms. The molecule has 2 N–H and O–H groups in total. The van der Waals surface area contributed by atoms with E-state index < -0.39 is 28.8 Å². The van der Waals surface area contributed by atoms with Crippen LogP contribution in [0, 0.1) is 34.5 Å². The summed E-state index contributed by atoms with van der Waals surface area (Å²) in [7, 11) is 0. The van der Waals surface area contributed by atoms with Crippen LogP contribution < -0.4 is 0 Å². The van der Waals surface area contributed by atoms with Gasteiger partial charge in [0, 0.05) is 5.41 Å². The molecular weight excluding hydrogens is 344 g/mol. The number of hydrogen-bond donors (Lipinski definition) is 2. The largest absolute Gasteiger partial charge is 0.388 e. The Bertz CT molecular complexity index is 754. The second-order valence-corrected chi connectivity index (χ2v) is 9.79. The van der Waals surface area contributed by atoms with Crippen molar-refractivity contribution in [2.45, 2.75) is 64.9 Å². The van der Waals surface area contributed by atoms with E-state index in [0.717, 1.165) is 31.3 Å². The summed E-state index contributed by atoms with van der Waals surface area (Å²) >= 11 is 0. The van der Waals surface area contributed by atoms with Crippen LogP contribution in [0.5, 0.6) is 0 Å². The minimum atomic E-state index is -1.50. The van der Waals surface area contributed by atoms with Crippen molar-refractivity contribution in [3.63, 3.8) is 0 Å². The van der Waals surface area contributed by atoms with E-state index in [4.69, 9.17) is 0 Å². The quantitative estimate of drug-likeness (QED) is 0.723. The molecule has 7 atom stereocenters. The van der Waals surface area contributed by atoms with E-state index in [1.807, 2.05) is 20.8 Å². The van der Waals surface area contributed by atoms with Crippen molar-refractivity contribution in [2.75, 3.05) is 6.61 Å². The number of carbonyl (C=O) groups is 3. The summed E-state index contributed by atoms with van der Waals surface area (Å²) in [4.78, 5) is 37.4. The molecular formula is C22H30O5. The maximum absolute atomic E-state index is 12.9. The number of Topliss-reactive ketones (excluding diaryl/α,β-unsaturated/α-hetero) is 2. The molecule has 5 heteroatoms. The highest BCUT2D eigenvalue weighted by Gasteiger charge is 2.69. The van der Waals surface area contributed by atoms with Crippen molar-refractivity contribution in [3.8, 4) is 0 Å². The lowest BCUT2D eigenvalue weighted by Crippen LogP contribution is -2.60. The topological polar surface area (TPSA) is 91.7 Å². The molecule has 0 aromatic rings. The molecule has 27 heavy (non-hydrogen) atoms. The smallest absolute Gasteiger partial charge is 0.190 e. The van der Waals surface area contributed by atoms with E-state index in [2.05, 4.69) is 0 Å². The van der Waals surface area contributed by atoms with Crippen LogP contribution in [-0.4, -0.2) is 39.8 Å². The molecule has 0 aromatic heterocycles. The number of hydrogen-bond acceptors (Lipinski definition) is 5. The predicted octanol–water partition coefficient (Wildman–Crippen LogP) is 2.24. The molecule has 0 spiro atoms. The lowest BCUT2D eigenvalue weighted by molar-refractivity contribution is -0.171. The summed E-state index contributed by atoms with van der Waals surface area (Å²) in [6.07, 6.45) is 5.49. The Morgan fingerprint density at radius 3 is 2.59 bits per heavy atom. The molecule has 3 saturated carbocycles. The average molecular weight is 374 g/mol. The molecule has 0 unspecified atom stereocenters. The van der Waals surface area contributed by atoms with Gasteiger partial charge in [-0.2, -0.15) is 0 Å². The Labute approximate surface area is 160 Å². The molecule has 0 aromatic carbocycles. The SMILES string of the molecule is C[C@@H]1C[C@H]2[C@@H]3CCC4=CC(=O)CC(=O)[C@]4(C)[C@H]3CC[C@]2(C)[C@@]1(O)C(=O)CO. The van der Waals surface area contributed by atoms with Crippen molar-refractivity contribution < 1.29 is 24.6 Å². The number of fused-ring (bicyclic) bond motifs is 5. The fourth-order valence-corrected chi connectivity index (χ4v) is 7.48. The van der Waals surface area contributed by atoms with Gasteiger partial charge in [-0.1, -0.05) is 19.4 Å². The van der Waals surface area contributed by atoms with Gasteiger partial charge in [0.1, 0.15) is 12.2 Å². The number of allylic oxidation sites excluding steroid dienone is 1. The molecule has 0 aliphatic heterocycles. The third kappa shape index (κ3) is 2.16. The van der Waals surface area contributed by atoms with Crippen LogP contribution in [0.25, 0.3) is 0 Å². The van der Waals surface area contributed by atoms with E-state index in [-0.39, 0.29) is 41.7 Å². The fraction of sp³-hybridized carbons (Fsp3) is 0.773. The number of ketones is 3. The van der Waals surface area contributed by atoms with Crippen LogP contribution in [0.3, 0.4) is 0 Å². The number of rotatable bonds is 2. The van der Waals surface area contributed by atoms with Gasteiger partial charge in [0.15, 0.2) is 17.3 Å². The highest BCUT2D eigenvalue weighted by Crippen LogP contribution is 2.68. The summed E-state index contributed by atoms with van der Waals surface area (Å²) in [6, 6.07) is 0. The fourth-order valence-electron chi connectivity index (χ4n) is 7.48. The maximum Gasteiger partial charge on any atom is 0.190 e. The number of carbonyl (C=O) groups excluding carboxylic acids is 3. The van der Waals surface area contributed by atoms with Crippen LogP contribution in [0.2, 0.25) is 0 Å². The molecule has 0 heterocycles. The predicted molar refractivity (Wildman–Crippen MR) is 98.7 cm³/mol. The lowest BCUT2D eigenvalue weighted by atomic mass is 9.46. The van der Waals surface area contributed by atoms with Gasteiger partial charge in [-0.05, 0) is 68.8 Å². The van der Waals surface area contributed by atoms with Crippen LogP contribution >= 0.6 is 0 Å². The Kier molecular flexibility index (Phi) is 4.11. The molecule has 4 aliphatic rings. The van der Waals surface area contributed by atoms with Crippen molar-refractivity contribution >= 4 is 17.3 Å². The van der Waals surface area contributed by atoms with Crippen LogP contribution in [-0.2, 0) is 14.4 Å². The summed E-state index contributed by atoms with van der Waals surface area (Å²) in [5.74, 6) is -0.156. The van der Waals surface area contributed by atoms with E-state index in [1.165, 1.54) is 0 Å². The molecule has 3 fully saturated rings. The van der Waals surface area contributed by atoms with Gasteiger partial charge in [-0.15, -0.1) is 0 Å². The third-order valence-corrected chi connectivity index (χ3v) is 8.99.